The molecule has 0 heterocycles. The van der Waals surface area contributed by atoms with Crippen molar-refractivity contribution in [1.29, 1.82) is 0 Å². The molecular formula is C26H21F3N2O6. The molecule has 0 saturated carbocycles. The number of carboxylic acids is 2. The van der Waals surface area contributed by atoms with Gasteiger partial charge in [-0.1, -0.05) is 29.8 Å². The first-order chi connectivity index (χ1) is 17.2. The molecule has 0 fully saturated rings. The molecule has 0 atom stereocenters. The van der Waals surface area contributed by atoms with E-state index in [4.69, 9.17) is 0 Å². The first-order valence-corrected chi connectivity index (χ1v) is 10.7. The fraction of sp³-hybridized carbons (Fsp3) is 0.154. The van der Waals surface area contributed by atoms with Crippen LogP contribution >= 0.6 is 0 Å². The Labute approximate surface area is 208 Å². The normalized spacial score (nSPS) is 11.1. The summed E-state index contributed by atoms with van der Waals surface area (Å²) in [7, 11) is 1.20. The fourth-order valence-electron chi connectivity index (χ4n) is 3.87. The molecular weight excluding hydrogens is 493 g/mol. The lowest BCUT2D eigenvalue weighted by molar-refractivity contribution is -0.137. The maximum Gasteiger partial charge on any atom is 0.417 e. The molecule has 0 bridgehead atoms. The van der Waals surface area contributed by atoms with Gasteiger partial charge in [0.15, 0.2) is 0 Å². The van der Waals surface area contributed by atoms with E-state index >= 15 is 0 Å². The fourth-order valence-corrected chi connectivity index (χ4v) is 3.87. The Kier molecular flexibility index (Phi) is 7.37. The van der Waals surface area contributed by atoms with Crippen LogP contribution in [0.5, 0.6) is 0 Å². The molecule has 0 unspecified atom stereocenters. The van der Waals surface area contributed by atoms with E-state index in [1.165, 1.54) is 19.2 Å². The van der Waals surface area contributed by atoms with Gasteiger partial charge in [-0.15, -0.1) is 0 Å². The number of carbonyl (C=O) groups excluding carboxylic acids is 2. The third-order valence-electron chi connectivity index (χ3n) is 5.59. The molecule has 3 rings (SSSR count). The van der Waals surface area contributed by atoms with Crippen LogP contribution in [0.25, 0.3) is 11.1 Å². The number of aryl methyl sites for hydroxylation is 2. The minimum atomic E-state index is -4.79. The van der Waals surface area contributed by atoms with E-state index in [1.54, 1.807) is 25.1 Å². The summed E-state index contributed by atoms with van der Waals surface area (Å²) in [6.07, 6.45) is -4.79. The van der Waals surface area contributed by atoms with Crippen LogP contribution in [0, 0.1) is 13.8 Å². The first-order valence-electron chi connectivity index (χ1n) is 10.7. The summed E-state index contributed by atoms with van der Waals surface area (Å²) in [5.74, 6) is -5.32. The van der Waals surface area contributed by atoms with Crippen LogP contribution in [0.4, 0.5) is 18.9 Å². The lowest BCUT2D eigenvalue weighted by Gasteiger charge is -2.17. The molecule has 0 aliphatic heterocycles. The van der Waals surface area contributed by atoms with Crippen molar-refractivity contribution in [2.24, 2.45) is 0 Å². The largest absolute Gasteiger partial charge is 0.478 e. The number of rotatable bonds is 6. The number of alkyl halides is 3. The van der Waals surface area contributed by atoms with E-state index in [2.05, 4.69) is 10.6 Å². The second-order valence-corrected chi connectivity index (χ2v) is 8.16. The molecule has 0 spiro atoms. The van der Waals surface area contributed by atoms with Crippen molar-refractivity contribution in [3.63, 3.8) is 0 Å². The minimum Gasteiger partial charge on any atom is -0.478 e. The molecule has 0 saturated heterocycles. The SMILES string of the molecule is CNC(=O)c1cc(C(=O)O)c(C(=O)Nc2ccc(-c3ccc(C)cc3C)c(C(F)(F)F)c2)cc1C(=O)O. The molecule has 0 aliphatic rings. The Bertz CT molecular complexity index is 1450. The predicted molar refractivity (Wildman–Crippen MR) is 128 cm³/mol. The van der Waals surface area contributed by atoms with Crippen molar-refractivity contribution in [1.82, 2.24) is 5.32 Å². The highest BCUT2D eigenvalue weighted by atomic mass is 19.4. The lowest BCUT2D eigenvalue weighted by Crippen LogP contribution is -2.24. The molecule has 0 aliphatic carbocycles. The molecule has 3 aromatic carbocycles. The van der Waals surface area contributed by atoms with E-state index in [0.29, 0.717) is 23.3 Å². The number of nitrogens with one attached hydrogen (secondary N) is 2. The molecule has 2 amide bonds. The number of amides is 2. The van der Waals surface area contributed by atoms with Crippen LogP contribution in [0.2, 0.25) is 0 Å². The molecule has 0 radical (unpaired) electrons. The summed E-state index contributed by atoms with van der Waals surface area (Å²) in [5, 5.41) is 23.4. The van der Waals surface area contributed by atoms with Crippen molar-refractivity contribution in [3.05, 3.63) is 87.5 Å². The number of hydrogen-bond donors (Lipinski definition) is 4. The molecule has 4 N–H and O–H groups in total. The summed E-state index contributed by atoms with van der Waals surface area (Å²) < 4.78 is 41.9. The Hall–Kier alpha value is -4.67. The summed E-state index contributed by atoms with van der Waals surface area (Å²) in [6.45, 7) is 3.48. The quantitative estimate of drug-likeness (QED) is 0.366. The Morgan fingerprint density at radius 1 is 0.730 bits per heavy atom. The number of anilines is 1. The molecule has 37 heavy (non-hydrogen) atoms. The highest BCUT2D eigenvalue weighted by Gasteiger charge is 2.34. The number of carboxylic acid groups (broad SMARTS) is 2. The second-order valence-electron chi connectivity index (χ2n) is 8.16. The van der Waals surface area contributed by atoms with Gasteiger partial charge in [0.25, 0.3) is 11.8 Å². The topological polar surface area (TPSA) is 133 Å². The van der Waals surface area contributed by atoms with Gasteiger partial charge in [0.1, 0.15) is 0 Å². The minimum absolute atomic E-state index is 0.114. The number of halogens is 3. The van der Waals surface area contributed by atoms with Gasteiger partial charge in [0.05, 0.1) is 27.8 Å². The monoisotopic (exact) mass is 514 g/mol. The molecule has 0 aromatic heterocycles. The number of carbonyl (C=O) groups is 4. The average molecular weight is 514 g/mol. The number of aromatic carboxylic acids is 2. The lowest BCUT2D eigenvalue weighted by atomic mass is 9.94. The molecule has 3 aromatic rings. The highest BCUT2D eigenvalue weighted by Crippen LogP contribution is 2.40. The zero-order valence-corrected chi connectivity index (χ0v) is 19.8. The predicted octanol–water partition coefficient (Wildman–Crippen LogP) is 5.00. The van der Waals surface area contributed by atoms with Crippen LogP contribution in [-0.2, 0) is 6.18 Å². The van der Waals surface area contributed by atoms with Gasteiger partial charge < -0.3 is 20.8 Å². The van der Waals surface area contributed by atoms with Crippen LogP contribution < -0.4 is 10.6 Å². The zero-order chi connectivity index (χ0) is 27.7. The summed E-state index contributed by atoms with van der Waals surface area (Å²) in [4.78, 5) is 48.4. The van der Waals surface area contributed by atoms with Gasteiger partial charge in [-0.25, -0.2) is 9.59 Å². The summed E-state index contributed by atoms with van der Waals surface area (Å²) >= 11 is 0. The van der Waals surface area contributed by atoms with Crippen molar-refractivity contribution >= 4 is 29.4 Å². The van der Waals surface area contributed by atoms with Gasteiger partial charge in [0.2, 0.25) is 0 Å². The van der Waals surface area contributed by atoms with Crippen molar-refractivity contribution < 1.29 is 42.6 Å². The summed E-state index contributed by atoms with van der Waals surface area (Å²) in [5.41, 5.74) is -2.11. The van der Waals surface area contributed by atoms with Gasteiger partial charge in [-0.3, -0.25) is 9.59 Å². The van der Waals surface area contributed by atoms with Crippen molar-refractivity contribution in [2.75, 3.05) is 12.4 Å². The molecule has 11 heteroatoms. The second kappa shape index (κ2) is 10.1. The Balaban J connectivity index is 2.10. The van der Waals surface area contributed by atoms with Crippen LogP contribution in [0.3, 0.4) is 0 Å². The van der Waals surface area contributed by atoms with E-state index < -0.39 is 57.7 Å². The van der Waals surface area contributed by atoms with Crippen molar-refractivity contribution in [3.8, 4) is 11.1 Å². The van der Waals surface area contributed by atoms with E-state index in [-0.39, 0.29) is 11.3 Å². The maximum absolute atomic E-state index is 14.0. The smallest absolute Gasteiger partial charge is 0.417 e. The van der Waals surface area contributed by atoms with Gasteiger partial charge >= 0.3 is 18.1 Å². The maximum atomic E-state index is 14.0. The third-order valence-corrected chi connectivity index (χ3v) is 5.59. The third kappa shape index (κ3) is 5.61. The Morgan fingerprint density at radius 2 is 1.27 bits per heavy atom. The van der Waals surface area contributed by atoms with Crippen molar-refractivity contribution in [2.45, 2.75) is 20.0 Å². The van der Waals surface area contributed by atoms with Gasteiger partial charge in [-0.2, -0.15) is 13.2 Å². The van der Waals surface area contributed by atoms with Crippen LogP contribution in [-0.4, -0.2) is 41.0 Å². The molecule has 8 nitrogen and oxygen atoms in total. The standard InChI is InChI=1S/C26H21F3N2O6/c1-12-4-6-15(13(2)8-12)16-7-5-14(9-21(16)26(27,28)29)31-23(33)18-11-19(24(34)35)17(22(32)30-3)10-20(18)25(36)37/h4-11H,1-3H3,(H,30,32)(H,31,33)(H,34,35)(H,36,37). The summed E-state index contributed by atoms with van der Waals surface area (Å²) in [6, 6.07) is 9.52. The van der Waals surface area contributed by atoms with E-state index in [1.807, 2.05) is 6.92 Å². The first kappa shape index (κ1) is 26.9. The Morgan fingerprint density at radius 3 is 1.76 bits per heavy atom. The highest BCUT2D eigenvalue weighted by molar-refractivity contribution is 6.14. The number of hydrogen-bond acceptors (Lipinski definition) is 4. The van der Waals surface area contributed by atoms with Crippen LogP contribution in [0.15, 0.2) is 48.5 Å². The van der Waals surface area contributed by atoms with E-state index in [9.17, 15) is 42.6 Å². The van der Waals surface area contributed by atoms with Crippen LogP contribution in [0.1, 0.15) is 58.1 Å². The number of benzene rings is 3. The van der Waals surface area contributed by atoms with Gasteiger partial charge in [0, 0.05) is 12.7 Å². The zero-order valence-electron chi connectivity index (χ0n) is 19.8. The van der Waals surface area contributed by atoms with E-state index in [0.717, 1.165) is 11.6 Å². The molecule has 192 valence electrons. The van der Waals surface area contributed by atoms with Gasteiger partial charge in [-0.05, 0) is 54.8 Å². The average Bonchev–Trinajstić information content (AvgIpc) is 2.82.